The van der Waals surface area contributed by atoms with Crippen LogP contribution in [0.5, 0.6) is 0 Å². The molecule has 1 aromatic rings. The maximum absolute atomic E-state index is 13.1. The number of benzene rings is 1. The van der Waals surface area contributed by atoms with Crippen LogP contribution in [-0.2, 0) is 4.79 Å². The number of nitrogens with zero attached hydrogens (tertiary/aromatic N) is 1. The van der Waals surface area contributed by atoms with E-state index in [1.54, 1.807) is 6.92 Å². The number of aliphatic hydroxyl groups is 1. The van der Waals surface area contributed by atoms with Gasteiger partial charge in [0.1, 0.15) is 6.04 Å². The summed E-state index contributed by atoms with van der Waals surface area (Å²) in [5.41, 5.74) is 0.150. The number of halogens is 2. The molecule has 1 atom stereocenters. The van der Waals surface area contributed by atoms with Gasteiger partial charge in [0.2, 0.25) is 0 Å². The topological polar surface area (TPSA) is 60.8 Å². The van der Waals surface area contributed by atoms with Gasteiger partial charge in [-0.25, -0.2) is 8.78 Å². The number of carboxylic acid groups (broad SMARTS) is 1. The highest BCUT2D eigenvalue weighted by molar-refractivity contribution is 5.75. The molecule has 0 saturated heterocycles. The van der Waals surface area contributed by atoms with Crippen LogP contribution in [0.15, 0.2) is 18.2 Å². The third kappa shape index (κ3) is 3.24. The summed E-state index contributed by atoms with van der Waals surface area (Å²) in [6.45, 7) is 2.04. The summed E-state index contributed by atoms with van der Waals surface area (Å²) in [4.78, 5) is 12.7. The molecule has 0 radical (unpaired) electrons. The first-order valence-corrected chi connectivity index (χ1v) is 5.54. The van der Waals surface area contributed by atoms with Gasteiger partial charge in [0.05, 0.1) is 6.61 Å². The molecule has 1 rings (SSSR count). The number of aliphatic hydroxyl groups excluding tert-OH is 1. The van der Waals surface area contributed by atoms with E-state index in [-0.39, 0.29) is 18.7 Å². The van der Waals surface area contributed by atoms with Gasteiger partial charge in [-0.15, -0.1) is 0 Å². The largest absolute Gasteiger partial charge is 0.480 e. The Morgan fingerprint density at radius 1 is 1.39 bits per heavy atom. The van der Waals surface area contributed by atoms with Crippen LogP contribution in [-0.4, -0.2) is 40.8 Å². The molecular formula is C12H15F2NO3. The van der Waals surface area contributed by atoms with Gasteiger partial charge in [0.15, 0.2) is 11.6 Å². The predicted octanol–water partition coefficient (Wildman–Crippen LogP) is 1.40. The smallest absolute Gasteiger partial charge is 0.325 e. The van der Waals surface area contributed by atoms with Crippen LogP contribution in [0, 0.1) is 11.6 Å². The molecule has 0 bridgehead atoms. The van der Waals surface area contributed by atoms with E-state index in [1.165, 1.54) is 11.0 Å². The van der Waals surface area contributed by atoms with Gasteiger partial charge in [0.25, 0.3) is 0 Å². The van der Waals surface area contributed by atoms with Gasteiger partial charge < -0.3 is 10.2 Å². The van der Waals surface area contributed by atoms with Crippen LogP contribution in [0.25, 0.3) is 0 Å². The standard InChI is InChI=1S/C12H15F2NO3/c1-2-15(5-6-16)11(12(17)18)8-3-4-9(13)10(14)7-8/h3-4,7,11,16H,2,5-6H2,1H3,(H,17,18). The van der Waals surface area contributed by atoms with Gasteiger partial charge in [-0.05, 0) is 24.2 Å². The van der Waals surface area contributed by atoms with E-state index in [1.807, 2.05) is 0 Å². The monoisotopic (exact) mass is 259 g/mol. The molecule has 1 aromatic carbocycles. The molecule has 0 aliphatic heterocycles. The Morgan fingerprint density at radius 3 is 2.50 bits per heavy atom. The summed E-state index contributed by atoms with van der Waals surface area (Å²) in [5, 5.41) is 18.1. The zero-order chi connectivity index (χ0) is 13.7. The zero-order valence-electron chi connectivity index (χ0n) is 9.94. The van der Waals surface area contributed by atoms with Crippen molar-refractivity contribution in [1.82, 2.24) is 4.90 Å². The number of aliphatic carboxylic acids is 1. The van der Waals surface area contributed by atoms with Crippen molar-refractivity contribution in [1.29, 1.82) is 0 Å². The maximum Gasteiger partial charge on any atom is 0.325 e. The minimum Gasteiger partial charge on any atom is -0.480 e. The molecule has 0 aliphatic carbocycles. The van der Waals surface area contributed by atoms with Crippen molar-refractivity contribution < 1.29 is 23.8 Å². The molecular weight excluding hydrogens is 244 g/mol. The Kier molecular flexibility index (Phi) is 5.18. The van der Waals surface area contributed by atoms with Gasteiger partial charge in [-0.2, -0.15) is 0 Å². The lowest BCUT2D eigenvalue weighted by atomic mass is 10.0. The van der Waals surface area contributed by atoms with Gasteiger partial charge in [0, 0.05) is 6.54 Å². The van der Waals surface area contributed by atoms with Gasteiger partial charge in [-0.1, -0.05) is 13.0 Å². The number of hydrogen-bond acceptors (Lipinski definition) is 3. The highest BCUT2D eigenvalue weighted by Crippen LogP contribution is 2.22. The third-order valence-electron chi connectivity index (χ3n) is 2.65. The molecule has 2 N–H and O–H groups in total. The first-order chi connectivity index (χ1) is 8.51. The van der Waals surface area contributed by atoms with Crippen LogP contribution in [0.4, 0.5) is 8.78 Å². The number of hydrogen-bond donors (Lipinski definition) is 2. The van der Waals surface area contributed by atoms with Crippen molar-refractivity contribution in [2.75, 3.05) is 19.7 Å². The summed E-state index contributed by atoms with van der Waals surface area (Å²) in [5.74, 6) is -3.27. The lowest BCUT2D eigenvalue weighted by molar-refractivity contribution is -0.143. The maximum atomic E-state index is 13.1. The Labute approximate surface area is 103 Å². The fraction of sp³-hybridized carbons (Fsp3) is 0.417. The molecule has 100 valence electrons. The summed E-state index contributed by atoms with van der Waals surface area (Å²) < 4.78 is 25.9. The van der Waals surface area contributed by atoms with E-state index < -0.39 is 23.6 Å². The minimum atomic E-state index is -1.17. The van der Waals surface area contributed by atoms with Gasteiger partial charge >= 0.3 is 5.97 Å². The zero-order valence-corrected chi connectivity index (χ0v) is 9.94. The second kappa shape index (κ2) is 6.42. The molecule has 0 fully saturated rings. The Balaban J connectivity index is 3.10. The average Bonchev–Trinajstić information content (AvgIpc) is 2.32. The molecule has 0 spiro atoms. The number of likely N-dealkylation sites (N-methyl/N-ethyl adjacent to an activating group) is 1. The van der Waals surface area contributed by atoms with Crippen molar-refractivity contribution in [3.05, 3.63) is 35.4 Å². The average molecular weight is 259 g/mol. The first kappa shape index (κ1) is 14.5. The number of carbonyl (C=O) groups is 1. The van der Waals surface area contributed by atoms with E-state index >= 15 is 0 Å². The normalized spacial score (nSPS) is 12.7. The molecule has 0 amide bonds. The molecule has 0 aromatic heterocycles. The van der Waals surface area contributed by atoms with E-state index in [2.05, 4.69) is 0 Å². The second-order valence-electron chi connectivity index (χ2n) is 3.77. The van der Waals surface area contributed by atoms with Crippen molar-refractivity contribution in [3.8, 4) is 0 Å². The van der Waals surface area contributed by atoms with Crippen LogP contribution < -0.4 is 0 Å². The number of rotatable bonds is 6. The van der Waals surface area contributed by atoms with Crippen LogP contribution in [0.2, 0.25) is 0 Å². The lowest BCUT2D eigenvalue weighted by Crippen LogP contribution is -2.36. The minimum absolute atomic E-state index is 0.145. The Morgan fingerprint density at radius 2 is 2.06 bits per heavy atom. The molecule has 1 unspecified atom stereocenters. The van der Waals surface area contributed by atoms with Crippen molar-refractivity contribution in [2.24, 2.45) is 0 Å². The fourth-order valence-corrected chi connectivity index (χ4v) is 1.79. The third-order valence-corrected chi connectivity index (χ3v) is 2.65. The summed E-state index contributed by atoms with van der Waals surface area (Å²) in [6, 6.07) is 1.90. The van der Waals surface area contributed by atoms with Crippen molar-refractivity contribution in [3.63, 3.8) is 0 Å². The first-order valence-electron chi connectivity index (χ1n) is 5.54. The Bertz CT molecular complexity index is 426. The van der Waals surface area contributed by atoms with Crippen molar-refractivity contribution >= 4 is 5.97 Å². The highest BCUT2D eigenvalue weighted by Gasteiger charge is 2.26. The molecule has 0 heterocycles. The molecule has 0 saturated carbocycles. The van der Waals surface area contributed by atoms with E-state index in [9.17, 15) is 18.7 Å². The summed E-state index contributed by atoms with van der Waals surface area (Å²) >= 11 is 0. The van der Waals surface area contributed by atoms with Crippen molar-refractivity contribution in [2.45, 2.75) is 13.0 Å². The predicted molar refractivity (Wildman–Crippen MR) is 61.1 cm³/mol. The Hall–Kier alpha value is -1.53. The SMILES string of the molecule is CCN(CCO)C(C(=O)O)c1ccc(F)c(F)c1. The molecule has 18 heavy (non-hydrogen) atoms. The van der Waals surface area contributed by atoms with E-state index in [0.29, 0.717) is 6.54 Å². The van der Waals surface area contributed by atoms with E-state index in [0.717, 1.165) is 12.1 Å². The fourth-order valence-electron chi connectivity index (χ4n) is 1.79. The van der Waals surface area contributed by atoms with E-state index in [4.69, 9.17) is 5.11 Å². The summed E-state index contributed by atoms with van der Waals surface area (Å²) in [6.07, 6.45) is 0. The highest BCUT2D eigenvalue weighted by atomic mass is 19.2. The van der Waals surface area contributed by atoms with Gasteiger partial charge in [-0.3, -0.25) is 9.69 Å². The summed E-state index contributed by atoms with van der Waals surface area (Å²) in [7, 11) is 0. The van der Waals surface area contributed by atoms with Crippen LogP contribution in [0.1, 0.15) is 18.5 Å². The lowest BCUT2D eigenvalue weighted by Gasteiger charge is -2.27. The quantitative estimate of drug-likeness (QED) is 0.810. The van der Waals surface area contributed by atoms with Crippen LogP contribution in [0.3, 0.4) is 0 Å². The molecule has 4 nitrogen and oxygen atoms in total. The molecule has 0 aliphatic rings. The second-order valence-corrected chi connectivity index (χ2v) is 3.77. The molecule has 6 heteroatoms. The van der Waals surface area contributed by atoms with Crippen LogP contribution >= 0.6 is 0 Å². The number of carboxylic acids is 1.